The number of methoxy groups -OCH3 is 1. The Bertz CT molecular complexity index is 851. The fourth-order valence-electron chi connectivity index (χ4n) is 2.74. The highest BCUT2D eigenvalue weighted by Gasteiger charge is 2.25. The lowest BCUT2D eigenvalue weighted by atomic mass is 10.0. The number of anilines is 1. The van der Waals surface area contributed by atoms with Crippen molar-refractivity contribution >= 4 is 17.5 Å². The van der Waals surface area contributed by atoms with Crippen LogP contribution in [0.25, 0.3) is 0 Å². The molecule has 26 heavy (non-hydrogen) atoms. The molecule has 0 aliphatic carbocycles. The Labute approximate surface area is 151 Å². The molecular weight excluding hydrogens is 334 g/mol. The number of carbonyl (C=O) groups is 2. The van der Waals surface area contributed by atoms with Crippen LogP contribution in [0.2, 0.25) is 0 Å². The number of carbonyl (C=O) groups excluding carboxylic acids is 2. The van der Waals surface area contributed by atoms with Gasteiger partial charge in [-0.15, -0.1) is 0 Å². The molecule has 7 nitrogen and oxygen atoms in total. The third-order valence-corrected chi connectivity index (χ3v) is 4.15. The second-order valence-electron chi connectivity index (χ2n) is 5.97. The zero-order valence-corrected chi connectivity index (χ0v) is 14.9. The fraction of sp³-hybridized carbons (Fsp3) is 0.263. The molecule has 0 radical (unpaired) electrons. The highest BCUT2D eigenvalue weighted by atomic mass is 16.5. The highest BCUT2D eigenvalue weighted by Crippen LogP contribution is 2.33. The van der Waals surface area contributed by atoms with E-state index in [1.54, 1.807) is 25.2 Å². The Morgan fingerprint density at radius 1 is 1.15 bits per heavy atom. The number of fused-ring (bicyclic) bond motifs is 1. The molecule has 2 aromatic rings. The molecule has 2 aromatic carbocycles. The van der Waals surface area contributed by atoms with Gasteiger partial charge in [-0.2, -0.15) is 0 Å². The number of hydrogen-bond acceptors (Lipinski definition) is 5. The first-order valence-corrected chi connectivity index (χ1v) is 8.21. The monoisotopic (exact) mass is 355 g/mol. The minimum Gasteiger partial charge on any atom is -0.493 e. The second-order valence-corrected chi connectivity index (χ2v) is 5.97. The van der Waals surface area contributed by atoms with Gasteiger partial charge in [-0.1, -0.05) is 12.1 Å². The SMILES string of the molecule is CNC(=O)COc1ccc(C2NC(=O)c3ccc(C)cc3N2)cc1OC. The Kier molecular flexibility index (Phi) is 4.97. The maximum atomic E-state index is 12.4. The molecule has 1 aliphatic rings. The van der Waals surface area contributed by atoms with Crippen LogP contribution in [0.1, 0.15) is 27.7 Å². The number of aryl methyl sites for hydroxylation is 1. The minimum absolute atomic E-state index is 0.0999. The predicted molar refractivity (Wildman–Crippen MR) is 97.6 cm³/mol. The Morgan fingerprint density at radius 3 is 2.69 bits per heavy atom. The molecule has 0 fully saturated rings. The summed E-state index contributed by atoms with van der Waals surface area (Å²) in [4.78, 5) is 23.7. The van der Waals surface area contributed by atoms with E-state index in [2.05, 4.69) is 16.0 Å². The predicted octanol–water partition coefficient (Wildman–Crippen LogP) is 1.98. The summed E-state index contributed by atoms with van der Waals surface area (Å²) >= 11 is 0. The summed E-state index contributed by atoms with van der Waals surface area (Å²) in [5.74, 6) is 0.572. The summed E-state index contributed by atoms with van der Waals surface area (Å²) < 4.78 is 10.8. The van der Waals surface area contributed by atoms with Crippen molar-refractivity contribution in [2.75, 3.05) is 26.1 Å². The smallest absolute Gasteiger partial charge is 0.257 e. The first-order valence-electron chi connectivity index (χ1n) is 8.21. The number of ether oxygens (including phenoxy) is 2. The van der Waals surface area contributed by atoms with Crippen molar-refractivity contribution in [3.8, 4) is 11.5 Å². The average molecular weight is 355 g/mol. The van der Waals surface area contributed by atoms with Crippen LogP contribution >= 0.6 is 0 Å². The van der Waals surface area contributed by atoms with E-state index in [0.717, 1.165) is 16.8 Å². The molecule has 1 atom stereocenters. The van der Waals surface area contributed by atoms with Crippen molar-refractivity contribution in [3.05, 3.63) is 53.1 Å². The van der Waals surface area contributed by atoms with Gasteiger partial charge in [0.25, 0.3) is 11.8 Å². The molecule has 3 N–H and O–H groups in total. The number of benzene rings is 2. The maximum absolute atomic E-state index is 12.4. The third-order valence-electron chi connectivity index (χ3n) is 4.15. The molecule has 0 spiro atoms. The largest absolute Gasteiger partial charge is 0.493 e. The Hall–Kier alpha value is -3.22. The lowest BCUT2D eigenvalue weighted by Crippen LogP contribution is -2.38. The molecule has 1 aliphatic heterocycles. The van der Waals surface area contributed by atoms with Crippen LogP contribution in [0.5, 0.6) is 11.5 Å². The average Bonchev–Trinajstić information content (AvgIpc) is 2.65. The van der Waals surface area contributed by atoms with Crippen LogP contribution < -0.4 is 25.4 Å². The molecule has 3 rings (SSSR count). The quantitative estimate of drug-likeness (QED) is 0.763. The van der Waals surface area contributed by atoms with Crippen molar-refractivity contribution in [2.24, 2.45) is 0 Å². The normalized spacial score (nSPS) is 15.3. The number of nitrogens with one attached hydrogen (secondary N) is 3. The lowest BCUT2D eigenvalue weighted by Gasteiger charge is -2.28. The highest BCUT2D eigenvalue weighted by molar-refractivity contribution is 6.01. The van der Waals surface area contributed by atoms with Gasteiger partial charge in [0.15, 0.2) is 18.1 Å². The van der Waals surface area contributed by atoms with E-state index in [0.29, 0.717) is 17.1 Å². The van der Waals surface area contributed by atoms with Crippen molar-refractivity contribution < 1.29 is 19.1 Å². The van der Waals surface area contributed by atoms with Crippen molar-refractivity contribution in [3.63, 3.8) is 0 Å². The fourth-order valence-corrected chi connectivity index (χ4v) is 2.74. The summed E-state index contributed by atoms with van der Waals surface area (Å²) in [7, 11) is 3.07. The van der Waals surface area contributed by atoms with Crippen LogP contribution in [-0.4, -0.2) is 32.6 Å². The first kappa shape index (κ1) is 17.6. The third kappa shape index (κ3) is 3.56. The number of rotatable bonds is 5. The topological polar surface area (TPSA) is 88.7 Å². The summed E-state index contributed by atoms with van der Waals surface area (Å²) in [5, 5.41) is 8.74. The Morgan fingerprint density at radius 2 is 1.96 bits per heavy atom. The van der Waals surface area contributed by atoms with Gasteiger partial charge in [-0.05, 0) is 42.3 Å². The van der Waals surface area contributed by atoms with E-state index >= 15 is 0 Å². The molecule has 136 valence electrons. The molecular formula is C19H21N3O4. The van der Waals surface area contributed by atoms with Gasteiger partial charge < -0.3 is 25.4 Å². The van der Waals surface area contributed by atoms with Crippen LogP contribution in [0, 0.1) is 6.92 Å². The molecule has 0 saturated carbocycles. The molecule has 0 bridgehead atoms. The van der Waals surface area contributed by atoms with E-state index < -0.39 is 6.17 Å². The molecule has 1 unspecified atom stereocenters. The maximum Gasteiger partial charge on any atom is 0.257 e. The van der Waals surface area contributed by atoms with Gasteiger partial charge in [0.05, 0.1) is 12.7 Å². The van der Waals surface area contributed by atoms with Crippen molar-refractivity contribution in [1.82, 2.24) is 10.6 Å². The van der Waals surface area contributed by atoms with Gasteiger partial charge in [0.2, 0.25) is 0 Å². The summed E-state index contributed by atoms with van der Waals surface area (Å²) in [6.07, 6.45) is -0.390. The molecule has 0 saturated heterocycles. The van der Waals surface area contributed by atoms with Gasteiger partial charge >= 0.3 is 0 Å². The summed E-state index contributed by atoms with van der Waals surface area (Å²) in [6, 6.07) is 11.0. The van der Waals surface area contributed by atoms with Crippen LogP contribution in [-0.2, 0) is 4.79 Å². The molecule has 7 heteroatoms. The van der Waals surface area contributed by atoms with E-state index in [-0.39, 0.29) is 18.4 Å². The Balaban J connectivity index is 1.83. The van der Waals surface area contributed by atoms with E-state index in [1.165, 1.54) is 7.11 Å². The molecule has 0 aromatic heterocycles. The van der Waals surface area contributed by atoms with Gasteiger partial charge in [0.1, 0.15) is 6.17 Å². The second kappa shape index (κ2) is 7.35. The van der Waals surface area contributed by atoms with Crippen LogP contribution in [0.3, 0.4) is 0 Å². The van der Waals surface area contributed by atoms with Crippen molar-refractivity contribution in [2.45, 2.75) is 13.1 Å². The zero-order valence-electron chi connectivity index (χ0n) is 14.9. The summed E-state index contributed by atoms with van der Waals surface area (Å²) in [5.41, 5.74) is 3.29. The van der Waals surface area contributed by atoms with Gasteiger partial charge in [0, 0.05) is 12.7 Å². The number of hydrogen-bond donors (Lipinski definition) is 3. The minimum atomic E-state index is -0.390. The number of likely N-dealkylation sites (N-methyl/N-ethyl adjacent to an activating group) is 1. The van der Waals surface area contributed by atoms with E-state index in [1.807, 2.05) is 25.1 Å². The van der Waals surface area contributed by atoms with Gasteiger partial charge in [-0.3, -0.25) is 9.59 Å². The summed E-state index contributed by atoms with van der Waals surface area (Å²) in [6.45, 7) is 1.88. The standard InChI is InChI=1S/C19H21N3O4/c1-11-4-6-13-14(8-11)21-18(22-19(13)24)12-5-7-15(16(9-12)25-3)26-10-17(23)20-2/h4-9,18,21H,10H2,1-3H3,(H,20,23)(H,22,24). The molecule has 1 heterocycles. The first-order chi connectivity index (χ1) is 12.5. The van der Waals surface area contributed by atoms with E-state index in [4.69, 9.17) is 9.47 Å². The van der Waals surface area contributed by atoms with E-state index in [9.17, 15) is 9.59 Å². The zero-order chi connectivity index (χ0) is 18.7. The molecule has 2 amide bonds. The van der Waals surface area contributed by atoms with Crippen molar-refractivity contribution in [1.29, 1.82) is 0 Å². The lowest BCUT2D eigenvalue weighted by molar-refractivity contribution is -0.122. The van der Waals surface area contributed by atoms with Crippen LogP contribution in [0.4, 0.5) is 5.69 Å². The van der Waals surface area contributed by atoms with Gasteiger partial charge in [-0.25, -0.2) is 0 Å². The number of amides is 2. The van der Waals surface area contributed by atoms with Crippen LogP contribution in [0.15, 0.2) is 36.4 Å².